The maximum Gasteiger partial charge on any atom is 0.320 e. The number of hydrogen-bond donors (Lipinski definition) is 0. The summed E-state index contributed by atoms with van der Waals surface area (Å²) in [5.41, 5.74) is 0.540. The largest absolute Gasteiger partial charge is 0.452 e. The molecule has 0 aromatic heterocycles. The predicted octanol–water partition coefficient (Wildman–Crippen LogP) is 4.36. The summed E-state index contributed by atoms with van der Waals surface area (Å²) >= 11 is 0. The van der Waals surface area contributed by atoms with Crippen LogP contribution in [0.4, 0.5) is 0 Å². The van der Waals surface area contributed by atoms with Crippen molar-refractivity contribution >= 4 is 11.8 Å². The molecular formula is C22H21NO3. The molecule has 0 saturated heterocycles. The number of hydrogen-bond acceptors (Lipinski definition) is 4. The van der Waals surface area contributed by atoms with Crippen LogP contribution in [0.2, 0.25) is 0 Å². The number of carbonyl (C=O) groups excluding carboxylic acids is 2. The maximum absolute atomic E-state index is 13.1. The number of ether oxygens (including phenoxy) is 1. The lowest BCUT2D eigenvalue weighted by molar-refractivity contribution is -0.163. The molecule has 0 N–H and O–H groups in total. The van der Waals surface area contributed by atoms with E-state index in [9.17, 15) is 9.59 Å². The van der Waals surface area contributed by atoms with Gasteiger partial charge in [0.05, 0.1) is 6.07 Å². The molecule has 0 spiro atoms. The standard InChI is InChI=1S/C22H21NO3/c23-16-8-15-22(14-7-13-19(22)24)21(25)26-20(17-9-3-1-4-10-17)18-11-5-2-6-12-18/h1-6,9-12,20H,7-8,13-15H2/t22-/m0/s1. The second kappa shape index (κ2) is 7.97. The van der Waals surface area contributed by atoms with Crippen LogP contribution in [-0.2, 0) is 14.3 Å². The molecule has 1 aliphatic carbocycles. The summed E-state index contributed by atoms with van der Waals surface area (Å²) in [7, 11) is 0. The van der Waals surface area contributed by atoms with E-state index in [2.05, 4.69) is 6.07 Å². The Labute approximate surface area is 153 Å². The molecule has 4 nitrogen and oxygen atoms in total. The van der Waals surface area contributed by atoms with E-state index >= 15 is 0 Å². The number of nitriles is 1. The Balaban J connectivity index is 1.92. The smallest absolute Gasteiger partial charge is 0.320 e. The predicted molar refractivity (Wildman–Crippen MR) is 97.0 cm³/mol. The average Bonchev–Trinajstić information content (AvgIpc) is 3.07. The molecule has 4 heteroatoms. The first-order valence-electron chi connectivity index (χ1n) is 8.88. The average molecular weight is 347 g/mol. The minimum absolute atomic E-state index is 0.0994. The Morgan fingerprint density at radius 3 is 2.12 bits per heavy atom. The van der Waals surface area contributed by atoms with Crippen molar-refractivity contribution in [3.8, 4) is 6.07 Å². The first-order valence-corrected chi connectivity index (χ1v) is 8.88. The quantitative estimate of drug-likeness (QED) is 0.575. The van der Waals surface area contributed by atoms with Gasteiger partial charge >= 0.3 is 5.97 Å². The summed E-state index contributed by atoms with van der Waals surface area (Å²) in [6.45, 7) is 0. The molecule has 3 rings (SSSR count). The minimum atomic E-state index is -1.17. The van der Waals surface area contributed by atoms with Gasteiger partial charge in [-0.2, -0.15) is 5.26 Å². The molecule has 26 heavy (non-hydrogen) atoms. The molecule has 2 aromatic carbocycles. The zero-order valence-corrected chi connectivity index (χ0v) is 14.6. The molecule has 0 aliphatic heterocycles. The van der Waals surface area contributed by atoms with E-state index < -0.39 is 17.5 Å². The van der Waals surface area contributed by atoms with E-state index in [1.165, 1.54) is 0 Å². The number of ketones is 1. The number of esters is 1. The van der Waals surface area contributed by atoms with Crippen LogP contribution in [0.25, 0.3) is 0 Å². The second-order valence-corrected chi connectivity index (χ2v) is 6.62. The number of benzene rings is 2. The highest BCUT2D eigenvalue weighted by molar-refractivity contribution is 6.05. The summed E-state index contributed by atoms with van der Waals surface area (Å²) in [5.74, 6) is -0.606. The summed E-state index contributed by atoms with van der Waals surface area (Å²) in [4.78, 5) is 25.6. The third-order valence-electron chi connectivity index (χ3n) is 5.02. The van der Waals surface area contributed by atoms with Crippen molar-refractivity contribution in [2.75, 3.05) is 0 Å². The Morgan fingerprint density at radius 1 is 1.08 bits per heavy atom. The van der Waals surface area contributed by atoms with Crippen molar-refractivity contribution in [2.45, 2.75) is 38.2 Å². The number of Topliss-reactive ketones (excluding diaryl/α,β-unsaturated/α-hetero) is 1. The molecule has 0 unspecified atom stereocenters. The molecule has 1 saturated carbocycles. The third-order valence-corrected chi connectivity index (χ3v) is 5.02. The number of nitrogens with zero attached hydrogens (tertiary/aromatic N) is 1. The molecule has 0 radical (unpaired) electrons. The van der Waals surface area contributed by atoms with Gasteiger partial charge in [0.2, 0.25) is 0 Å². The molecule has 0 heterocycles. The van der Waals surface area contributed by atoms with Gasteiger partial charge in [-0.25, -0.2) is 0 Å². The highest BCUT2D eigenvalue weighted by atomic mass is 16.5. The van der Waals surface area contributed by atoms with Gasteiger partial charge in [0.15, 0.2) is 6.10 Å². The van der Waals surface area contributed by atoms with Gasteiger partial charge in [0, 0.05) is 12.8 Å². The molecule has 1 atom stereocenters. The fourth-order valence-corrected chi connectivity index (χ4v) is 3.59. The zero-order chi connectivity index (χ0) is 18.4. The van der Waals surface area contributed by atoms with Crippen LogP contribution < -0.4 is 0 Å². The van der Waals surface area contributed by atoms with Crippen molar-refractivity contribution in [2.24, 2.45) is 5.41 Å². The fraction of sp³-hybridized carbons (Fsp3) is 0.318. The van der Waals surface area contributed by atoms with Gasteiger partial charge in [-0.15, -0.1) is 0 Å². The van der Waals surface area contributed by atoms with Gasteiger partial charge in [0.25, 0.3) is 0 Å². The van der Waals surface area contributed by atoms with Crippen LogP contribution in [0.15, 0.2) is 60.7 Å². The molecule has 0 amide bonds. The number of carbonyl (C=O) groups is 2. The minimum Gasteiger partial charge on any atom is -0.452 e. The van der Waals surface area contributed by atoms with Gasteiger partial charge in [0.1, 0.15) is 11.2 Å². The Morgan fingerprint density at radius 2 is 1.65 bits per heavy atom. The van der Waals surface area contributed by atoms with E-state index in [1.807, 2.05) is 60.7 Å². The maximum atomic E-state index is 13.1. The second-order valence-electron chi connectivity index (χ2n) is 6.62. The first-order chi connectivity index (χ1) is 12.7. The highest BCUT2D eigenvalue weighted by Gasteiger charge is 2.50. The SMILES string of the molecule is N#CCC[C@@]1(C(=O)OC(c2ccccc2)c2ccccc2)CCCC1=O. The summed E-state index contributed by atoms with van der Waals surface area (Å²) in [5, 5.41) is 8.93. The monoisotopic (exact) mass is 347 g/mol. The lowest BCUT2D eigenvalue weighted by Gasteiger charge is -2.28. The summed E-state index contributed by atoms with van der Waals surface area (Å²) in [6.07, 6.45) is 1.34. The third kappa shape index (κ3) is 3.52. The molecule has 2 aromatic rings. The summed E-state index contributed by atoms with van der Waals surface area (Å²) < 4.78 is 5.91. The van der Waals surface area contributed by atoms with Crippen LogP contribution in [0, 0.1) is 16.7 Å². The van der Waals surface area contributed by atoms with E-state index in [-0.39, 0.29) is 18.6 Å². The molecule has 1 fully saturated rings. The molecule has 0 bridgehead atoms. The van der Waals surface area contributed by atoms with E-state index in [0.717, 1.165) is 11.1 Å². The van der Waals surface area contributed by atoms with E-state index in [0.29, 0.717) is 19.3 Å². The van der Waals surface area contributed by atoms with Crippen molar-refractivity contribution in [3.63, 3.8) is 0 Å². The first kappa shape index (κ1) is 17.9. The molecule has 132 valence electrons. The molecular weight excluding hydrogens is 326 g/mol. The Kier molecular flexibility index (Phi) is 5.48. The van der Waals surface area contributed by atoms with Crippen molar-refractivity contribution < 1.29 is 14.3 Å². The molecule has 1 aliphatic rings. The highest BCUT2D eigenvalue weighted by Crippen LogP contribution is 2.42. The van der Waals surface area contributed by atoms with Crippen LogP contribution in [0.5, 0.6) is 0 Å². The Hall–Kier alpha value is -2.93. The van der Waals surface area contributed by atoms with Crippen LogP contribution in [0.3, 0.4) is 0 Å². The van der Waals surface area contributed by atoms with Crippen molar-refractivity contribution in [3.05, 3.63) is 71.8 Å². The van der Waals surface area contributed by atoms with Gasteiger partial charge < -0.3 is 4.74 Å². The number of rotatable bonds is 6. The van der Waals surface area contributed by atoms with E-state index in [4.69, 9.17) is 10.00 Å². The van der Waals surface area contributed by atoms with E-state index in [1.54, 1.807) is 0 Å². The fourth-order valence-electron chi connectivity index (χ4n) is 3.59. The van der Waals surface area contributed by atoms with Gasteiger partial charge in [-0.1, -0.05) is 60.7 Å². The van der Waals surface area contributed by atoms with Crippen LogP contribution in [-0.4, -0.2) is 11.8 Å². The summed E-state index contributed by atoms with van der Waals surface area (Å²) in [6, 6.07) is 21.1. The lowest BCUT2D eigenvalue weighted by Crippen LogP contribution is -2.37. The van der Waals surface area contributed by atoms with Gasteiger partial charge in [-0.3, -0.25) is 9.59 Å². The van der Waals surface area contributed by atoms with Crippen LogP contribution >= 0.6 is 0 Å². The lowest BCUT2D eigenvalue weighted by atomic mass is 9.80. The van der Waals surface area contributed by atoms with Crippen LogP contribution in [0.1, 0.15) is 49.3 Å². The Bertz CT molecular complexity index is 771. The zero-order valence-electron chi connectivity index (χ0n) is 14.6. The topological polar surface area (TPSA) is 67.2 Å². The normalized spacial score (nSPS) is 19.3. The van der Waals surface area contributed by atoms with Gasteiger partial charge in [-0.05, 0) is 30.4 Å². The van der Waals surface area contributed by atoms with Crippen molar-refractivity contribution in [1.29, 1.82) is 5.26 Å². The van der Waals surface area contributed by atoms with Crippen molar-refractivity contribution in [1.82, 2.24) is 0 Å².